The van der Waals surface area contributed by atoms with Crippen molar-refractivity contribution in [3.05, 3.63) is 95.1 Å². The fourth-order valence-corrected chi connectivity index (χ4v) is 3.94. The Bertz CT molecular complexity index is 1070. The second-order valence-electron chi connectivity index (χ2n) is 8.65. The Morgan fingerprint density at radius 2 is 1.61 bits per heavy atom. The van der Waals surface area contributed by atoms with Gasteiger partial charge >= 0.3 is 0 Å². The highest BCUT2D eigenvalue weighted by molar-refractivity contribution is 5.99. The molecule has 3 aromatic rings. The number of rotatable bonds is 6. The van der Waals surface area contributed by atoms with Crippen LogP contribution in [0.3, 0.4) is 0 Å². The highest BCUT2D eigenvalue weighted by atomic mass is 19.1. The molecule has 0 bridgehead atoms. The van der Waals surface area contributed by atoms with Gasteiger partial charge in [0.2, 0.25) is 0 Å². The molecule has 1 fully saturated rings. The number of hydrogen-bond acceptors (Lipinski definition) is 4. The SMILES string of the molecule is CC(=O)c1ccccc1NC1(C)CN(Cc2c(F)cccc2F)C1.COc1ccc(C)cc1. The minimum absolute atomic E-state index is 0.00584. The predicted molar refractivity (Wildman–Crippen MR) is 128 cm³/mol. The van der Waals surface area contributed by atoms with Crippen molar-refractivity contribution in [2.24, 2.45) is 0 Å². The number of likely N-dealkylation sites (tertiary alicyclic amines) is 1. The standard InChI is InChI=1S/C19H20F2N2O.C8H10O/c1-13(24)14-6-3-4-9-18(14)22-19(2)11-23(12-19)10-15-16(20)7-5-8-17(15)21;1-7-3-5-8(9-2)6-4-7/h3-9,22H,10-12H2,1-2H3;3-6H,1-2H3. The molecule has 0 atom stereocenters. The number of carbonyl (C=O) groups excluding carboxylic acids is 1. The van der Waals surface area contributed by atoms with Gasteiger partial charge < -0.3 is 10.1 Å². The molecule has 1 aliphatic rings. The molecule has 0 unspecified atom stereocenters. The van der Waals surface area contributed by atoms with E-state index < -0.39 is 11.6 Å². The number of ketones is 1. The Morgan fingerprint density at radius 1 is 1.00 bits per heavy atom. The lowest BCUT2D eigenvalue weighted by atomic mass is 9.90. The predicted octanol–water partition coefficient (Wildman–Crippen LogP) is 5.86. The number of para-hydroxylation sites is 1. The van der Waals surface area contributed by atoms with Gasteiger partial charge in [-0.2, -0.15) is 0 Å². The van der Waals surface area contributed by atoms with Gasteiger partial charge in [0.25, 0.3) is 0 Å². The van der Waals surface area contributed by atoms with Crippen molar-refractivity contribution < 1.29 is 18.3 Å². The first kappa shape index (κ1) is 24.4. The first-order valence-corrected chi connectivity index (χ1v) is 10.8. The third kappa shape index (κ3) is 6.39. The van der Waals surface area contributed by atoms with Gasteiger partial charge in [0.15, 0.2) is 5.78 Å². The van der Waals surface area contributed by atoms with Crippen LogP contribution in [0.15, 0.2) is 66.7 Å². The fraction of sp³-hybridized carbons (Fsp3) is 0.296. The van der Waals surface area contributed by atoms with Crippen LogP contribution in [0.2, 0.25) is 0 Å². The molecule has 6 heteroatoms. The van der Waals surface area contributed by atoms with E-state index in [2.05, 4.69) is 12.2 Å². The van der Waals surface area contributed by atoms with Crippen molar-refractivity contribution in [1.29, 1.82) is 0 Å². The van der Waals surface area contributed by atoms with Crippen molar-refractivity contribution in [1.82, 2.24) is 4.90 Å². The molecule has 0 aliphatic carbocycles. The normalized spacial score (nSPS) is 14.5. The molecule has 1 N–H and O–H groups in total. The Hall–Kier alpha value is -3.25. The van der Waals surface area contributed by atoms with Gasteiger partial charge in [-0.25, -0.2) is 8.78 Å². The number of methoxy groups -OCH3 is 1. The van der Waals surface area contributed by atoms with E-state index >= 15 is 0 Å². The topological polar surface area (TPSA) is 41.6 Å². The molecule has 4 rings (SSSR count). The molecule has 0 aromatic heterocycles. The number of carbonyl (C=O) groups is 1. The van der Waals surface area contributed by atoms with Crippen LogP contribution in [0.1, 0.15) is 35.3 Å². The summed E-state index contributed by atoms with van der Waals surface area (Å²) in [6, 6.07) is 19.3. The minimum atomic E-state index is -0.515. The van der Waals surface area contributed by atoms with Gasteiger partial charge in [0.05, 0.1) is 12.6 Å². The minimum Gasteiger partial charge on any atom is -0.497 e. The van der Waals surface area contributed by atoms with Crippen molar-refractivity contribution in [3.63, 3.8) is 0 Å². The third-order valence-electron chi connectivity index (χ3n) is 5.59. The van der Waals surface area contributed by atoms with E-state index in [9.17, 15) is 13.6 Å². The van der Waals surface area contributed by atoms with Crippen molar-refractivity contribution in [2.75, 3.05) is 25.5 Å². The number of nitrogens with zero attached hydrogens (tertiary/aromatic N) is 1. The number of aryl methyl sites for hydroxylation is 1. The molecule has 3 aromatic carbocycles. The van der Waals surface area contributed by atoms with Gasteiger partial charge in [0, 0.05) is 36.4 Å². The van der Waals surface area contributed by atoms with E-state index in [0.717, 1.165) is 11.4 Å². The van der Waals surface area contributed by atoms with Crippen molar-refractivity contribution >= 4 is 11.5 Å². The molecule has 0 saturated carbocycles. The molecule has 4 nitrogen and oxygen atoms in total. The lowest BCUT2D eigenvalue weighted by Crippen LogP contribution is -2.63. The molecule has 1 aliphatic heterocycles. The molecular weight excluding hydrogens is 422 g/mol. The van der Waals surface area contributed by atoms with Crippen LogP contribution < -0.4 is 10.1 Å². The first-order valence-electron chi connectivity index (χ1n) is 10.8. The zero-order chi connectivity index (χ0) is 24.0. The highest BCUT2D eigenvalue weighted by Gasteiger charge is 2.39. The zero-order valence-electron chi connectivity index (χ0n) is 19.5. The number of Topliss-reactive ketones (excluding diaryl/α,β-unsaturated/α-hetero) is 1. The largest absolute Gasteiger partial charge is 0.497 e. The average molecular weight is 453 g/mol. The number of hydrogen-bond donors (Lipinski definition) is 1. The van der Waals surface area contributed by atoms with Crippen LogP contribution in [0.25, 0.3) is 0 Å². The first-order chi connectivity index (χ1) is 15.7. The number of nitrogens with one attached hydrogen (secondary N) is 1. The molecule has 0 radical (unpaired) electrons. The summed E-state index contributed by atoms with van der Waals surface area (Å²) in [5.74, 6) is -0.108. The molecular formula is C27H30F2N2O2. The lowest BCUT2D eigenvalue weighted by molar-refractivity contribution is 0.0878. The van der Waals surface area contributed by atoms with E-state index in [1.165, 1.54) is 30.7 Å². The summed E-state index contributed by atoms with van der Waals surface area (Å²) in [5.41, 5.74) is 2.58. The summed E-state index contributed by atoms with van der Waals surface area (Å²) in [5, 5.41) is 3.40. The van der Waals surface area contributed by atoms with Crippen LogP contribution in [-0.2, 0) is 6.54 Å². The number of anilines is 1. The summed E-state index contributed by atoms with van der Waals surface area (Å²) < 4.78 is 32.4. The average Bonchev–Trinajstić information content (AvgIpc) is 2.76. The third-order valence-corrected chi connectivity index (χ3v) is 5.59. The van der Waals surface area contributed by atoms with Crippen LogP contribution >= 0.6 is 0 Å². The number of ether oxygens (including phenoxy) is 1. The van der Waals surface area contributed by atoms with E-state index in [-0.39, 0.29) is 23.4 Å². The number of benzene rings is 3. The van der Waals surface area contributed by atoms with Crippen LogP contribution in [0.5, 0.6) is 5.75 Å². The molecule has 0 amide bonds. The lowest BCUT2D eigenvalue weighted by Gasteiger charge is -2.49. The maximum atomic E-state index is 13.7. The van der Waals surface area contributed by atoms with Crippen LogP contribution in [0.4, 0.5) is 14.5 Å². The Kier molecular flexibility index (Phi) is 7.82. The summed E-state index contributed by atoms with van der Waals surface area (Å²) in [6.07, 6.45) is 0. The molecule has 33 heavy (non-hydrogen) atoms. The second-order valence-corrected chi connectivity index (χ2v) is 8.65. The van der Waals surface area contributed by atoms with E-state index in [1.807, 2.05) is 54.3 Å². The zero-order valence-corrected chi connectivity index (χ0v) is 19.5. The van der Waals surface area contributed by atoms with Crippen molar-refractivity contribution in [3.8, 4) is 5.75 Å². The molecule has 1 saturated heterocycles. The van der Waals surface area contributed by atoms with Crippen LogP contribution in [-0.4, -0.2) is 36.4 Å². The quantitative estimate of drug-likeness (QED) is 0.476. The van der Waals surface area contributed by atoms with Gasteiger partial charge in [-0.05, 0) is 57.2 Å². The van der Waals surface area contributed by atoms with Gasteiger partial charge in [0.1, 0.15) is 17.4 Å². The van der Waals surface area contributed by atoms with Gasteiger partial charge in [-0.3, -0.25) is 9.69 Å². The molecule has 174 valence electrons. The van der Waals surface area contributed by atoms with E-state index in [0.29, 0.717) is 18.7 Å². The fourth-order valence-electron chi connectivity index (χ4n) is 3.94. The van der Waals surface area contributed by atoms with E-state index in [1.54, 1.807) is 13.2 Å². The second kappa shape index (κ2) is 10.6. The Labute approximate surface area is 194 Å². The summed E-state index contributed by atoms with van der Waals surface area (Å²) >= 11 is 0. The van der Waals surface area contributed by atoms with E-state index in [4.69, 9.17) is 4.74 Å². The molecule has 1 heterocycles. The highest BCUT2D eigenvalue weighted by Crippen LogP contribution is 2.29. The van der Waals surface area contributed by atoms with Gasteiger partial charge in [-0.1, -0.05) is 35.9 Å². The summed E-state index contributed by atoms with van der Waals surface area (Å²) in [4.78, 5) is 13.7. The van der Waals surface area contributed by atoms with Gasteiger partial charge in [-0.15, -0.1) is 0 Å². The monoisotopic (exact) mass is 452 g/mol. The maximum absolute atomic E-state index is 13.7. The molecule has 0 spiro atoms. The Morgan fingerprint density at radius 3 is 2.18 bits per heavy atom. The maximum Gasteiger partial charge on any atom is 0.161 e. The summed E-state index contributed by atoms with van der Waals surface area (Å²) in [7, 11) is 1.67. The smallest absolute Gasteiger partial charge is 0.161 e. The summed E-state index contributed by atoms with van der Waals surface area (Å²) in [6.45, 7) is 7.17. The number of halogens is 2. The van der Waals surface area contributed by atoms with Crippen molar-refractivity contribution in [2.45, 2.75) is 32.9 Å². The van der Waals surface area contributed by atoms with Crippen LogP contribution in [0, 0.1) is 18.6 Å². The Balaban J connectivity index is 0.000000286.